The molecule has 2 rings (SSSR count). The van der Waals surface area contributed by atoms with Crippen LogP contribution in [-0.4, -0.2) is 50.3 Å². The number of aromatic nitrogens is 2. The van der Waals surface area contributed by atoms with E-state index in [0.29, 0.717) is 64.0 Å². The first-order chi connectivity index (χ1) is 9.24. The van der Waals surface area contributed by atoms with Crippen LogP contribution in [-0.2, 0) is 26.2 Å². The van der Waals surface area contributed by atoms with Gasteiger partial charge in [0.15, 0.2) is 5.82 Å². The maximum absolute atomic E-state index is 6.26. The van der Waals surface area contributed by atoms with Gasteiger partial charge >= 0.3 is 0 Å². The van der Waals surface area contributed by atoms with Gasteiger partial charge in [-0.1, -0.05) is 5.16 Å². The van der Waals surface area contributed by atoms with Crippen molar-refractivity contribution >= 4 is 0 Å². The SMILES string of the molecule is COCCOCCc1noc(C2(N)CCOCC2)n1. The standard InChI is InChI=1S/C12H21N3O4/c1-16-8-9-17-5-2-10-14-11(19-15-10)12(13)3-6-18-7-4-12/h2-9,13H2,1H3. The van der Waals surface area contributed by atoms with E-state index in [-0.39, 0.29) is 0 Å². The summed E-state index contributed by atoms with van der Waals surface area (Å²) in [6.45, 7) is 2.97. The summed E-state index contributed by atoms with van der Waals surface area (Å²) in [5.41, 5.74) is 5.72. The average Bonchev–Trinajstić information content (AvgIpc) is 2.89. The van der Waals surface area contributed by atoms with Crippen molar-refractivity contribution in [2.45, 2.75) is 24.8 Å². The van der Waals surface area contributed by atoms with Gasteiger partial charge in [-0.2, -0.15) is 4.98 Å². The van der Waals surface area contributed by atoms with Crippen LogP contribution in [0.2, 0.25) is 0 Å². The molecule has 1 saturated heterocycles. The highest BCUT2D eigenvalue weighted by molar-refractivity contribution is 5.03. The number of rotatable bonds is 7. The van der Waals surface area contributed by atoms with Gasteiger partial charge in [0.25, 0.3) is 0 Å². The van der Waals surface area contributed by atoms with E-state index in [0.717, 1.165) is 0 Å². The third-order valence-electron chi connectivity index (χ3n) is 3.18. The zero-order valence-electron chi connectivity index (χ0n) is 11.3. The molecule has 1 fully saturated rings. The van der Waals surface area contributed by atoms with Crippen LogP contribution in [0.4, 0.5) is 0 Å². The fourth-order valence-corrected chi connectivity index (χ4v) is 1.92. The molecule has 1 aliphatic rings. The van der Waals surface area contributed by atoms with Gasteiger partial charge in [-0.25, -0.2) is 0 Å². The molecule has 0 aromatic carbocycles. The van der Waals surface area contributed by atoms with Crippen LogP contribution in [0, 0.1) is 0 Å². The lowest BCUT2D eigenvalue weighted by Gasteiger charge is -2.29. The fourth-order valence-electron chi connectivity index (χ4n) is 1.92. The minimum absolute atomic E-state index is 0.502. The monoisotopic (exact) mass is 271 g/mol. The predicted octanol–water partition coefficient (Wildman–Crippen LogP) is 0.240. The second-order valence-electron chi connectivity index (χ2n) is 4.64. The zero-order chi connectivity index (χ0) is 13.6. The quantitative estimate of drug-likeness (QED) is 0.710. The highest BCUT2D eigenvalue weighted by Crippen LogP contribution is 2.27. The Labute approximate surface area is 112 Å². The van der Waals surface area contributed by atoms with Gasteiger partial charge in [0.2, 0.25) is 5.89 Å². The van der Waals surface area contributed by atoms with Crippen molar-refractivity contribution in [3.8, 4) is 0 Å². The summed E-state index contributed by atoms with van der Waals surface area (Å²) < 4.78 is 20.8. The molecule has 1 aromatic heterocycles. The molecule has 7 nitrogen and oxygen atoms in total. The molecule has 2 N–H and O–H groups in total. The molecule has 0 atom stereocenters. The fraction of sp³-hybridized carbons (Fsp3) is 0.833. The molecule has 0 unspecified atom stereocenters. The highest BCUT2D eigenvalue weighted by Gasteiger charge is 2.35. The van der Waals surface area contributed by atoms with E-state index < -0.39 is 5.54 Å². The minimum atomic E-state index is -0.541. The minimum Gasteiger partial charge on any atom is -0.382 e. The first-order valence-electron chi connectivity index (χ1n) is 6.51. The van der Waals surface area contributed by atoms with Gasteiger partial charge < -0.3 is 24.5 Å². The van der Waals surface area contributed by atoms with E-state index in [1.54, 1.807) is 7.11 Å². The molecule has 1 aromatic rings. The molecule has 0 saturated carbocycles. The lowest BCUT2D eigenvalue weighted by molar-refractivity contribution is 0.0400. The Bertz CT molecular complexity index is 377. The van der Waals surface area contributed by atoms with Crippen molar-refractivity contribution in [1.82, 2.24) is 10.1 Å². The Morgan fingerprint density at radius 3 is 2.79 bits per heavy atom. The van der Waals surface area contributed by atoms with E-state index >= 15 is 0 Å². The van der Waals surface area contributed by atoms with Gasteiger partial charge in [0.05, 0.1) is 19.8 Å². The van der Waals surface area contributed by atoms with E-state index in [1.807, 2.05) is 0 Å². The topological polar surface area (TPSA) is 92.6 Å². The summed E-state index contributed by atoms with van der Waals surface area (Å²) in [4.78, 5) is 4.35. The number of ether oxygens (including phenoxy) is 3. The third-order valence-corrected chi connectivity index (χ3v) is 3.18. The molecule has 1 aliphatic heterocycles. The smallest absolute Gasteiger partial charge is 0.246 e. The van der Waals surface area contributed by atoms with Gasteiger partial charge in [0.1, 0.15) is 5.54 Å². The van der Waals surface area contributed by atoms with Gasteiger partial charge in [-0.15, -0.1) is 0 Å². The Morgan fingerprint density at radius 2 is 2.05 bits per heavy atom. The summed E-state index contributed by atoms with van der Waals surface area (Å²) in [7, 11) is 1.64. The molecule has 0 radical (unpaired) electrons. The second kappa shape index (κ2) is 6.95. The van der Waals surface area contributed by atoms with Crippen LogP contribution in [0.15, 0.2) is 4.52 Å². The van der Waals surface area contributed by atoms with Gasteiger partial charge in [-0.3, -0.25) is 0 Å². The maximum Gasteiger partial charge on any atom is 0.246 e. The number of nitrogens with zero attached hydrogens (tertiary/aromatic N) is 2. The Kier molecular flexibility index (Phi) is 5.26. The lowest BCUT2D eigenvalue weighted by Crippen LogP contribution is -2.42. The largest absolute Gasteiger partial charge is 0.382 e. The van der Waals surface area contributed by atoms with Crippen molar-refractivity contribution in [3.63, 3.8) is 0 Å². The van der Waals surface area contributed by atoms with Crippen molar-refractivity contribution in [2.24, 2.45) is 5.73 Å². The summed E-state index contributed by atoms with van der Waals surface area (Å²) in [5, 5.41) is 3.94. The zero-order valence-corrected chi connectivity index (χ0v) is 11.3. The Morgan fingerprint density at radius 1 is 1.26 bits per heavy atom. The van der Waals surface area contributed by atoms with Crippen molar-refractivity contribution < 1.29 is 18.7 Å². The van der Waals surface area contributed by atoms with Crippen LogP contribution in [0.3, 0.4) is 0 Å². The number of methoxy groups -OCH3 is 1. The average molecular weight is 271 g/mol. The molecule has 0 aliphatic carbocycles. The normalized spacial score (nSPS) is 18.6. The van der Waals surface area contributed by atoms with Crippen LogP contribution in [0.1, 0.15) is 24.6 Å². The molecule has 7 heteroatoms. The third kappa shape index (κ3) is 3.97. The Balaban J connectivity index is 1.81. The van der Waals surface area contributed by atoms with Crippen molar-refractivity contribution in [2.75, 3.05) is 40.1 Å². The molecule has 0 spiro atoms. The van der Waals surface area contributed by atoms with Crippen LogP contribution in [0.5, 0.6) is 0 Å². The van der Waals surface area contributed by atoms with Crippen LogP contribution in [0.25, 0.3) is 0 Å². The highest BCUT2D eigenvalue weighted by atomic mass is 16.5. The molecule has 0 amide bonds. The molecular weight excluding hydrogens is 250 g/mol. The van der Waals surface area contributed by atoms with Crippen molar-refractivity contribution in [1.29, 1.82) is 0 Å². The van der Waals surface area contributed by atoms with Crippen LogP contribution >= 0.6 is 0 Å². The Hall–Kier alpha value is -1.02. The second-order valence-corrected chi connectivity index (χ2v) is 4.64. The summed E-state index contributed by atoms with van der Waals surface area (Å²) in [6, 6.07) is 0. The maximum atomic E-state index is 6.26. The lowest BCUT2D eigenvalue weighted by atomic mass is 9.91. The van der Waals surface area contributed by atoms with E-state index in [2.05, 4.69) is 10.1 Å². The number of hydrogen-bond donors (Lipinski definition) is 1. The molecular formula is C12H21N3O4. The van der Waals surface area contributed by atoms with Crippen molar-refractivity contribution in [3.05, 3.63) is 11.7 Å². The van der Waals surface area contributed by atoms with Gasteiger partial charge in [0, 0.05) is 26.7 Å². The first kappa shape index (κ1) is 14.4. The van der Waals surface area contributed by atoms with E-state index in [4.69, 9.17) is 24.5 Å². The van der Waals surface area contributed by atoms with E-state index in [1.165, 1.54) is 0 Å². The first-order valence-corrected chi connectivity index (χ1v) is 6.51. The number of hydrogen-bond acceptors (Lipinski definition) is 7. The molecule has 108 valence electrons. The van der Waals surface area contributed by atoms with Crippen LogP contribution < -0.4 is 5.73 Å². The molecule has 2 heterocycles. The molecule has 19 heavy (non-hydrogen) atoms. The summed E-state index contributed by atoms with van der Waals surface area (Å²) in [6.07, 6.45) is 2.03. The summed E-state index contributed by atoms with van der Waals surface area (Å²) in [5.74, 6) is 1.13. The summed E-state index contributed by atoms with van der Waals surface area (Å²) >= 11 is 0. The van der Waals surface area contributed by atoms with E-state index in [9.17, 15) is 0 Å². The number of nitrogens with two attached hydrogens (primary N) is 1. The molecule has 0 bridgehead atoms. The predicted molar refractivity (Wildman–Crippen MR) is 66.6 cm³/mol. The van der Waals surface area contributed by atoms with Gasteiger partial charge in [-0.05, 0) is 12.8 Å².